The van der Waals surface area contributed by atoms with Crippen LogP contribution in [-0.2, 0) is 0 Å². The third-order valence-corrected chi connectivity index (χ3v) is 3.95. The van der Waals surface area contributed by atoms with Crippen LogP contribution in [0.15, 0.2) is 24.3 Å². The first-order valence-corrected chi connectivity index (χ1v) is 6.68. The minimum absolute atomic E-state index is 0.224. The van der Waals surface area contributed by atoms with Crippen molar-refractivity contribution < 1.29 is 0 Å². The van der Waals surface area contributed by atoms with Crippen molar-refractivity contribution in [1.29, 1.82) is 0 Å². The zero-order chi connectivity index (χ0) is 12.4. The van der Waals surface area contributed by atoms with Crippen molar-refractivity contribution in [3.8, 4) is 0 Å². The van der Waals surface area contributed by atoms with Gasteiger partial charge in [0.1, 0.15) is 0 Å². The molecule has 0 radical (unpaired) electrons. The van der Waals surface area contributed by atoms with Gasteiger partial charge in [0.25, 0.3) is 0 Å². The summed E-state index contributed by atoms with van der Waals surface area (Å²) in [5.41, 5.74) is 9.10. The molecule has 2 N–H and O–H groups in total. The SMILES string of the molecule is CCC(N)C(c1ccccc1C)N(C)C1CC1. The fourth-order valence-corrected chi connectivity index (χ4v) is 2.60. The summed E-state index contributed by atoms with van der Waals surface area (Å²) in [6.07, 6.45) is 3.68. The van der Waals surface area contributed by atoms with E-state index in [0.29, 0.717) is 6.04 Å². The zero-order valence-electron chi connectivity index (χ0n) is 11.2. The Morgan fingerprint density at radius 3 is 2.53 bits per heavy atom. The number of benzene rings is 1. The molecule has 2 heteroatoms. The third kappa shape index (κ3) is 2.70. The molecule has 0 heterocycles. The largest absolute Gasteiger partial charge is 0.326 e. The monoisotopic (exact) mass is 232 g/mol. The minimum atomic E-state index is 0.224. The van der Waals surface area contributed by atoms with E-state index in [0.717, 1.165) is 12.5 Å². The highest BCUT2D eigenvalue weighted by molar-refractivity contribution is 5.30. The average molecular weight is 232 g/mol. The van der Waals surface area contributed by atoms with E-state index >= 15 is 0 Å². The first-order chi connectivity index (χ1) is 8.15. The van der Waals surface area contributed by atoms with E-state index < -0.39 is 0 Å². The van der Waals surface area contributed by atoms with Crippen LogP contribution in [0.3, 0.4) is 0 Å². The van der Waals surface area contributed by atoms with Gasteiger partial charge in [-0.3, -0.25) is 4.90 Å². The number of aryl methyl sites for hydroxylation is 1. The lowest BCUT2D eigenvalue weighted by molar-refractivity contribution is 0.200. The van der Waals surface area contributed by atoms with E-state index in [-0.39, 0.29) is 6.04 Å². The lowest BCUT2D eigenvalue weighted by atomic mass is 9.93. The molecular formula is C15H24N2. The molecule has 2 atom stereocenters. The normalized spacial score (nSPS) is 19.4. The van der Waals surface area contributed by atoms with Crippen LogP contribution in [0.25, 0.3) is 0 Å². The standard InChI is InChI=1S/C15H24N2/c1-4-14(16)15(17(3)12-9-10-12)13-8-6-5-7-11(13)2/h5-8,12,14-15H,4,9-10,16H2,1-3H3. The molecule has 0 amide bonds. The highest BCUT2D eigenvalue weighted by Crippen LogP contribution is 2.35. The molecule has 1 aromatic rings. The van der Waals surface area contributed by atoms with Gasteiger partial charge in [0, 0.05) is 12.1 Å². The van der Waals surface area contributed by atoms with Crippen molar-refractivity contribution in [1.82, 2.24) is 4.90 Å². The van der Waals surface area contributed by atoms with Crippen LogP contribution >= 0.6 is 0 Å². The molecule has 0 spiro atoms. The first kappa shape index (κ1) is 12.6. The smallest absolute Gasteiger partial charge is 0.0501 e. The molecule has 17 heavy (non-hydrogen) atoms. The Labute approximate surface area is 105 Å². The molecular weight excluding hydrogens is 208 g/mol. The van der Waals surface area contributed by atoms with Gasteiger partial charge in [-0.2, -0.15) is 0 Å². The van der Waals surface area contributed by atoms with Crippen molar-refractivity contribution in [2.75, 3.05) is 7.05 Å². The molecule has 0 saturated heterocycles. The topological polar surface area (TPSA) is 29.3 Å². The molecule has 1 aliphatic carbocycles. The molecule has 0 aromatic heterocycles. The molecule has 1 saturated carbocycles. The molecule has 0 bridgehead atoms. The highest BCUT2D eigenvalue weighted by Gasteiger charge is 2.34. The van der Waals surface area contributed by atoms with E-state index in [2.05, 4.69) is 50.1 Å². The van der Waals surface area contributed by atoms with Crippen molar-refractivity contribution in [2.45, 2.75) is 51.2 Å². The maximum Gasteiger partial charge on any atom is 0.0501 e. The van der Waals surface area contributed by atoms with Crippen molar-refractivity contribution in [3.63, 3.8) is 0 Å². The predicted octanol–water partition coefficient (Wildman–Crippen LogP) is 2.87. The van der Waals surface area contributed by atoms with Gasteiger partial charge in [-0.25, -0.2) is 0 Å². The first-order valence-electron chi connectivity index (χ1n) is 6.68. The maximum atomic E-state index is 6.34. The molecule has 1 aromatic carbocycles. The molecule has 94 valence electrons. The Hall–Kier alpha value is -0.860. The van der Waals surface area contributed by atoms with Crippen LogP contribution in [0.5, 0.6) is 0 Å². The quantitative estimate of drug-likeness (QED) is 0.846. The number of nitrogens with two attached hydrogens (primary N) is 1. The fraction of sp³-hybridized carbons (Fsp3) is 0.600. The summed E-state index contributed by atoms with van der Waals surface area (Å²) in [4.78, 5) is 2.48. The third-order valence-electron chi connectivity index (χ3n) is 3.95. The van der Waals surface area contributed by atoms with Crippen LogP contribution in [-0.4, -0.2) is 24.0 Å². The molecule has 1 fully saturated rings. The van der Waals surface area contributed by atoms with E-state index in [1.807, 2.05) is 0 Å². The Morgan fingerprint density at radius 2 is 2.00 bits per heavy atom. The summed E-state index contributed by atoms with van der Waals surface area (Å²) in [6.45, 7) is 4.36. The van der Waals surface area contributed by atoms with Crippen LogP contribution in [0.4, 0.5) is 0 Å². The molecule has 2 nitrogen and oxygen atoms in total. The number of likely N-dealkylation sites (N-methyl/N-ethyl adjacent to an activating group) is 1. The van der Waals surface area contributed by atoms with E-state index in [1.165, 1.54) is 24.0 Å². The second-order valence-corrected chi connectivity index (χ2v) is 5.27. The van der Waals surface area contributed by atoms with E-state index in [1.54, 1.807) is 0 Å². The second-order valence-electron chi connectivity index (χ2n) is 5.27. The van der Waals surface area contributed by atoms with Crippen LogP contribution in [0, 0.1) is 6.92 Å². The molecule has 2 rings (SSSR count). The summed E-state index contributed by atoms with van der Waals surface area (Å²) in [5, 5.41) is 0. The van der Waals surface area contributed by atoms with Gasteiger partial charge >= 0.3 is 0 Å². The lowest BCUT2D eigenvalue weighted by Gasteiger charge is -2.34. The molecule has 2 unspecified atom stereocenters. The Morgan fingerprint density at radius 1 is 1.35 bits per heavy atom. The predicted molar refractivity (Wildman–Crippen MR) is 73.0 cm³/mol. The number of nitrogens with zero attached hydrogens (tertiary/aromatic N) is 1. The maximum absolute atomic E-state index is 6.34. The summed E-state index contributed by atoms with van der Waals surface area (Å²) in [5.74, 6) is 0. The number of rotatable bonds is 5. The van der Waals surface area contributed by atoms with Gasteiger partial charge in [-0.1, -0.05) is 31.2 Å². The van der Waals surface area contributed by atoms with Gasteiger partial charge in [0.2, 0.25) is 0 Å². The molecule has 0 aliphatic heterocycles. The summed E-state index contributed by atoms with van der Waals surface area (Å²) < 4.78 is 0. The zero-order valence-corrected chi connectivity index (χ0v) is 11.2. The molecule has 1 aliphatic rings. The van der Waals surface area contributed by atoms with E-state index in [4.69, 9.17) is 5.73 Å². The van der Waals surface area contributed by atoms with Crippen molar-refractivity contribution in [3.05, 3.63) is 35.4 Å². The highest BCUT2D eigenvalue weighted by atomic mass is 15.2. The Kier molecular flexibility index (Phi) is 3.85. The van der Waals surface area contributed by atoms with Gasteiger partial charge in [0.05, 0.1) is 6.04 Å². The van der Waals surface area contributed by atoms with Crippen LogP contribution in [0.1, 0.15) is 43.4 Å². The van der Waals surface area contributed by atoms with Gasteiger partial charge in [-0.15, -0.1) is 0 Å². The number of hydrogen-bond donors (Lipinski definition) is 1. The fourth-order valence-electron chi connectivity index (χ4n) is 2.60. The van der Waals surface area contributed by atoms with Crippen LogP contribution in [0.2, 0.25) is 0 Å². The Balaban J connectivity index is 2.29. The summed E-state index contributed by atoms with van der Waals surface area (Å²) in [7, 11) is 2.23. The minimum Gasteiger partial charge on any atom is -0.326 e. The van der Waals surface area contributed by atoms with Gasteiger partial charge in [-0.05, 0) is 44.4 Å². The van der Waals surface area contributed by atoms with Crippen molar-refractivity contribution >= 4 is 0 Å². The average Bonchev–Trinajstić information content (AvgIpc) is 3.15. The second kappa shape index (κ2) is 5.19. The Bertz CT molecular complexity index is 371. The van der Waals surface area contributed by atoms with E-state index in [9.17, 15) is 0 Å². The van der Waals surface area contributed by atoms with Gasteiger partial charge < -0.3 is 5.73 Å². The lowest BCUT2D eigenvalue weighted by Crippen LogP contribution is -2.40. The van der Waals surface area contributed by atoms with Crippen molar-refractivity contribution in [2.24, 2.45) is 5.73 Å². The van der Waals surface area contributed by atoms with Crippen LogP contribution < -0.4 is 5.73 Å². The summed E-state index contributed by atoms with van der Waals surface area (Å²) >= 11 is 0. The van der Waals surface area contributed by atoms with Gasteiger partial charge in [0.15, 0.2) is 0 Å². The number of hydrogen-bond acceptors (Lipinski definition) is 2. The summed E-state index contributed by atoms with van der Waals surface area (Å²) in [6, 6.07) is 9.98.